The third kappa shape index (κ3) is 3.24. The lowest BCUT2D eigenvalue weighted by Gasteiger charge is -2.19. The molecule has 4 rings (SSSR count). The maximum atomic E-state index is 13.5. The monoisotopic (exact) mass is 365 g/mol. The minimum absolute atomic E-state index is 0.180. The molecule has 3 N–H and O–H groups in total. The van der Waals surface area contributed by atoms with Gasteiger partial charge in [0, 0.05) is 23.8 Å². The molecule has 1 aromatic carbocycles. The van der Waals surface area contributed by atoms with Crippen LogP contribution in [0.15, 0.2) is 59.7 Å². The Morgan fingerprint density at radius 2 is 2.11 bits per heavy atom. The Kier molecular flexibility index (Phi) is 4.08. The summed E-state index contributed by atoms with van der Waals surface area (Å²) in [4.78, 5) is 18.9. The first-order valence-corrected chi connectivity index (χ1v) is 8.27. The Hall–Kier alpha value is -3.68. The highest BCUT2D eigenvalue weighted by Crippen LogP contribution is 2.30. The number of pyridine rings is 2. The predicted octanol–water partition coefficient (Wildman–Crippen LogP) is 2.97. The SMILES string of the molecule is CC(Oc1cc2cc(F)ccc2nc1N)c1[nH]c(=O)ccc1-n1cccn1. The predicted molar refractivity (Wildman–Crippen MR) is 99.3 cm³/mol. The molecule has 136 valence electrons. The van der Waals surface area contributed by atoms with Crippen molar-refractivity contribution in [2.24, 2.45) is 0 Å². The molecule has 0 fully saturated rings. The standard InChI is InChI=1S/C19H16FN5O2/c1-11(18-15(5-6-17(26)24-18)25-8-2-7-22-25)27-16-10-12-9-13(20)3-4-14(12)23-19(16)21/h2-11H,1H3,(H2,21,23)(H,24,26). The van der Waals surface area contributed by atoms with Crippen molar-refractivity contribution in [3.8, 4) is 11.4 Å². The topological polar surface area (TPSA) is 98.8 Å². The number of nitrogens with two attached hydrogens (primary N) is 1. The fourth-order valence-corrected chi connectivity index (χ4v) is 2.89. The molecule has 0 aliphatic rings. The molecule has 0 amide bonds. The second kappa shape index (κ2) is 6.56. The molecular formula is C19H16FN5O2. The molecule has 27 heavy (non-hydrogen) atoms. The number of aromatic nitrogens is 4. The van der Waals surface area contributed by atoms with Gasteiger partial charge in [0.1, 0.15) is 11.9 Å². The van der Waals surface area contributed by atoms with E-state index in [0.29, 0.717) is 28.0 Å². The molecule has 7 nitrogen and oxygen atoms in total. The van der Waals surface area contributed by atoms with Crippen molar-refractivity contribution in [1.29, 1.82) is 0 Å². The number of nitrogens with one attached hydrogen (secondary N) is 1. The molecule has 0 bridgehead atoms. The lowest BCUT2D eigenvalue weighted by atomic mass is 10.2. The van der Waals surface area contributed by atoms with E-state index < -0.39 is 6.10 Å². The molecule has 0 aliphatic heterocycles. The fraction of sp³-hybridized carbons (Fsp3) is 0.105. The molecule has 0 spiro atoms. The molecule has 1 atom stereocenters. The van der Waals surface area contributed by atoms with E-state index in [2.05, 4.69) is 15.1 Å². The van der Waals surface area contributed by atoms with Crippen molar-refractivity contribution < 1.29 is 9.13 Å². The maximum absolute atomic E-state index is 13.5. The highest BCUT2D eigenvalue weighted by atomic mass is 19.1. The second-order valence-electron chi connectivity index (χ2n) is 6.04. The highest BCUT2D eigenvalue weighted by molar-refractivity contribution is 5.82. The van der Waals surface area contributed by atoms with Gasteiger partial charge in [-0.05, 0) is 43.3 Å². The zero-order valence-electron chi connectivity index (χ0n) is 14.4. The number of H-pyrrole nitrogens is 1. The van der Waals surface area contributed by atoms with Gasteiger partial charge in [-0.25, -0.2) is 14.1 Å². The zero-order chi connectivity index (χ0) is 19.0. The summed E-state index contributed by atoms with van der Waals surface area (Å²) in [5, 5.41) is 4.76. The van der Waals surface area contributed by atoms with E-state index in [9.17, 15) is 9.18 Å². The van der Waals surface area contributed by atoms with Crippen LogP contribution in [-0.4, -0.2) is 19.7 Å². The van der Waals surface area contributed by atoms with Crippen LogP contribution in [0, 0.1) is 5.82 Å². The number of hydrogen-bond donors (Lipinski definition) is 2. The first-order valence-electron chi connectivity index (χ1n) is 8.27. The van der Waals surface area contributed by atoms with Gasteiger partial charge < -0.3 is 15.5 Å². The molecule has 8 heteroatoms. The minimum atomic E-state index is -0.562. The summed E-state index contributed by atoms with van der Waals surface area (Å²) < 4.78 is 21.1. The van der Waals surface area contributed by atoms with Crippen LogP contribution in [-0.2, 0) is 0 Å². The second-order valence-corrected chi connectivity index (χ2v) is 6.04. The smallest absolute Gasteiger partial charge is 0.248 e. The quantitative estimate of drug-likeness (QED) is 0.579. The van der Waals surface area contributed by atoms with Gasteiger partial charge in [-0.2, -0.15) is 5.10 Å². The molecule has 0 saturated carbocycles. The van der Waals surface area contributed by atoms with Crippen molar-refractivity contribution in [2.45, 2.75) is 13.0 Å². The van der Waals surface area contributed by atoms with E-state index in [1.54, 1.807) is 48.3 Å². The van der Waals surface area contributed by atoms with Crippen molar-refractivity contribution >= 4 is 16.7 Å². The minimum Gasteiger partial charge on any atom is -0.481 e. The van der Waals surface area contributed by atoms with Crippen LogP contribution in [0.1, 0.15) is 18.7 Å². The molecular weight excluding hydrogens is 349 g/mol. The number of hydrogen-bond acceptors (Lipinski definition) is 5. The van der Waals surface area contributed by atoms with E-state index >= 15 is 0 Å². The zero-order valence-corrected chi connectivity index (χ0v) is 14.4. The number of anilines is 1. The van der Waals surface area contributed by atoms with Crippen LogP contribution in [0.25, 0.3) is 16.6 Å². The Morgan fingerprint density at radius 1 is 1.26 bits per heavy atom. The van der Waals surface area contributed by atoms with Crippen LogP contribution in [0.2, 0.25) is 0 Å². The van der Waals surface area contributed by atoms with E-state index in [4.69, 9.17) is 10.5 Å². The van der Waals surface area contributed by atoms with Crippen molar-refractivity contribution in [2.75, 3.05) is 5.73 Å². The van der Waals surface area contributed by atoms with Crippen LogP contribution in [0.5, 0.6) is 5.75 Å². The highest BCUT2D eigenvalue weighted by Gasteiger charge is 2.17. The van der Waals surface area contributed by atoms with Crippen molar-refractivity contribution in [3.05, 3.63) is 76.7 Å². The number of benzene rings is 1. The van der Waals surface area contributed by atoms with Gasteiger partial charge in [0.25, 0.3) is 0 Å². The molecule has 0 radical (unpaired) electrons. The maximum Gasteiger partial charge on any atom is 0.248 e. The van der Waals surface area contributed by atoms with Crippen LogP contribution < -0.4 is 16.0 Å². The lowest BCUT2D eigenvalue weighted by Crippen LogP contribution is -2.17. The van der Waals surface area contributed by atoms with Crippen LogP contribution in [0.3, 0.4) is 0 Å². The Bertz CT molecular complexity index is 1170. The third-order valence-electron chi connectivity index (χ3n) is 4.16. The van der Waals surface area contributed by atoms with Gasteiger partial charge in [0.05, 0.1) is 16.9 Å². The van der Waals surface area contributed by atoms with Gasteiger partial charge in [-0.3, -0.25) is 4.79 Å². The molecule has 4 aromatic rings. The van der Waals surface area contributed by atoms with E-state index in [0.717, 1.165) is 0 Å². The number of nitrogens with zero attached hydrogens (tertiary/aromatic N) is 3. The number of rotatable bonds is 4. The number of halogens is 1. The number of aromatic amines is 1. The van der Waals surface area contributed by atoms with E-state index in [1.165, 1.54) is 18.2 Å². The third-order valence-corrected chi connectivity index (χ3v) is 4.16. The summed E-state index contributed by atoms with van der Waals surface area (Å²) in [6.07, 6.45) is 2.84. The summed E-state index contributed by atoms with van der Waals surface area (Å²) in [6, 6.07) is 10.7. The van der Waals surface area contributed by atoms with Gasteiger partial charge in [0.2, 0.25) is 5.56 Å². The number of ether oxygens (including phenoxy) is 1. The first kappa shape index (κ1) is 16.8. The van der Waals surface area contributed by atoms with Crippen molar-refractivity contribution in [1.82, 2.24) is 19.7 Å². The molecule has 3 aromatic heterocycles. The van der Waals surface area contributed by atoms with Crippen LogP contribution >= 0.6 is 0 Å². The van der Waals surface area contributed by atoms with Crippen LogP contribution in [0.4, 0.5) is 10.2 Å². The molecule has 1 unspecified atom stereocenters. The summed E-state index contributed by atoms with van der Waals surface area (Å²) in [6.45, 7) is 1.77. The molecule has 0 aliphatic carbocycles. The molecule has 0 saturated heterocycles. The summed E-state index contributed by atoms with van der Waals surface area (Å²) in [7, 11) is 0. The number of nitrogen functional groups attached to an aromatic ring is 1. The molecule has 3 heterocycles. The summed E-state index contributed by atoms with van der Waals surface area (Å²) >= 11 is 0. The van der Waals surface area contributed by atoms with E-state index in [1.807, 2.05) is 0 Å². The lowest BCUT2D eigenvalue weighted by molar-refractivity contribution is 0.222. The van der Waals surface area contributed by atoms with Gasteiger partial charge in [0.15, 0.2) is 11.6 Å². The largest absolute Gasteiger partial charge is 0.481 e. The van der Waals surface area contributed by atoms with Gasteiger partial charge >= 0.3 is 0 Å². The fourth-order valence-electron chi connectivity index (χ4n) is 2.89. The average molecular weight is 365 g/mol. The van der Waals surface area contributed by atoms with Crippen molar-refractivity contribution in [3.63, 3.8) is 0 Å². The van der Waals surface area contributed by atoms with E-state index in [-0.39, 0.29) is 17.2 Å². The summed E-state index contributed by atoms with van der Waals surface area (Å²) in [5.74, 6) is 0.109. The normalized spacial score (nSPS) is 12.2. The van der Waals surface area contributed by atoms with Gasteiger partial charge in [-0.15, -0.1) is 0 Å². The first-order chi connectivity index (χ1) is 13.0. The Balaban J connectivity index is 1.74. The Labute approximate surface area is 153 Å². The Morgan fingerprint density at radius 3 is 2.89 bits per heavy atom. The summed E-state index contributed by atoms with van der Waals surface area (Å²) in [5.41, 5.74) is 7.51. The van der Waals surface area contributed by atoms with Gasteiger partial charge in [-0.1, -0.05) is 0 Å². The number of fused-ring (bicyclic) bond motifs is 1. The average Bonchev–Trinajstić information content (AvgIpc) is 3.17.